The lowest BCUT2D eigenvalue weighted by Gasteiger charge is -2.22. The lowest BCUT2D eigenvalue weighted by atomic mass is 9.95. The third kappa shape index (κ3) is 15.5. The highest BCUT2D eigenvalue weighted by molar-refractivity contribution is 7.24. The number of aromatic hydroxyl groups is 4. The van der Waals surface area contributed by atoms with Gasteiger partial charge < -0.3 is 50.9 Å². The SMILES string of the molecule is CC(C)c1ccccc1-c1sc2cc(O)ccc2c1N(C)c1ccc(/C=C/C(=O)O)cc1.CC(C)c1ccccc1-c1sc2cc(O)ccc2c1Nc1ccc(/C=C/C(=O)O)cc1.CN(c1ccc(/C=C/C(=O)O)cc1)c1c(-c2ccc(O)cc2)sc2cc(O)ccc12. The Morgan fingerprint density at radius 1 is 0.409 bits per heavy atom. The second kappa shape index (κ2) is 28.9. The molecule has 0 atom stereocenters. The van der Waals surface area contributed by atoms with Gasteiger partial charge in [-0.25, -0.2) is 14.4 Å². The Bertz CT molecular complexity index is 4770. The Labute approximate surface area is 550 Å². The molecule has 3 heterocycles. The van der Waals surface area contributed by atoms with Gasteiger partial charge in [0.25, 0.3) is 0 Å². The molecule has 12 rings (SSSR count). The largest absolute Gasteiger partial charge is 0.508 e. The van der Waals surface area contributed by atoms with Crippen LogP contribution in [0, 0.1) is 0 Å². The van der Waals surface area contributed by atoms with E-state index < -0.39 is 17.9 Å². The van der Waals surface area contributed by atoms with Crippen molar-refractivity contribution in [3.05, 3.63) is 246 Å². The number of carboxylic acids is 3. The van der Waals surface area contributed by atoms with Gasteiger partial charge in [-0.3, -0.25) is 0 Å². The van der Waals surface area contributed by atoms with Crippen molar-refractivity contribution in [1.82, 2.24) is 0 Å². The second-order valence-corrected chi connectivity index (χ2v) is 25.7. The van der Waals surface area contributed by atoms with Gasteiger partial charge in [-0.05, 0) is 190 Å². The number of hydrogen-bond acceptors (Lipinski definition) is 13. The van der Waals surface area contributed by atoms with Crippen molar-refractivity contribution in [1.29, 1.82) is 0 Å². The lowest BCUT2D eigenvalue weighted by Crippen LogP contribution is -2.10. The number of fused-ring (bicyclic) bond motifs is 3. The number of anilines is 6. The Morgan fingerprint density at radius 2 is 0.763 bits per heavy atom. The van der Waals surface area contributed by atoms with Gasteiger partial charge in [0.1, 0.15) is 23.0 Å². The number of rotatable bonds is 17. The van der Waals surface area contributed by atoms with Crippen LogP contribution in [0.2, 0.25) is 0 Å². The zero-order valence-electron chi connectivity index (χ0n) is 51.6. The van der Waals surface area contributed by atoms with E-state index in [1.807, 2.05) is 123 Å². The van der Waals surface area contributed by atoms with Crippen LogP contribution in [0.25, 0.3) is 79.8 Å². The van der Waals surface area contributed by atoms with Gasteiger partial charge in [-0.2, -0.15) is 0 Å². The highest BCUT2D eigenvalue weighted by atomic mass is 32.1. The Balaban J connectivity index is 0.000000153. The number of thiophene rings is 3. The van der Waals surface area contributed by atoms with E-state index in [1.165, 1.54) is 22.3 Å². The van der Waals surface area contributed by atoms with Crippen LogP contribution in [0.5, 0.6) is 23.0 Å². The molecule has 0 unspecified atom stereocenters. The molecule has 9 aromatic carbocycles. The van der Waals surface area contributed by atoms with Gasteiger partial charge in [0.2, 0.25) is 0 Å². The molecule has 0 fully saturated rings. The number of nitrogens with zero attached hydrogens (tertiary/aromatic N) is 2. The van der Waals surface area contributed by atoms with Crippen molar-refractivity contribution in [3.8, 4) is 54.3 Å². The Kier molecular flexibility index (Phi) is 20.2. The third-order valence-corrected chi connectivity index (χ3v) is 19.0. The van der Waals surface area contributed by atoms with Crippen LogP contribution in [-0.4, -0.2) is 67.7 Å². The number of benzene rings is 9. The summed E-state index contributed by atoms with van der Waals surface area (Å²) in [6.45, 7) is 8.78. The molecular weight excluding hydrogens is 1220 g/mol. The highest BCUT2D eigenvalue weighted by Gasteiger charge is 2.24. The maximum absolute atomic E-state index is 10.8. The lowest BCUT2D eigenvalue weighted by molar-refractivity contribution is -0.132. The summed E-state index contributed by atoms with van der Waals surface area (Å²) in [6, 6.07) is 63.3. The standard InChI is InChI=1S/C27H25NO3S.C26H23NO3S.C24H19NO4S/c1-17(2)21-6-4-5-7-22(21)27-26(23-14-13-20(29)16-24(23)32-27)28(3)19-11-8-18(9-12-19)10-15-25(30)31;1-16(2)20-5-3-4-6-21(20)26-25(22-13-12-19(28)15-23(22)31-26)27-18-10-7-17(8-11-18)9-14-24(29)30;1-25(17-7-2-15(3-8-17)4-13-22(28)29)23-20-12-11-19(27)14-21(20)30-24(23)16-5-9-18(26)10-6-16/h4-17,29H,1-3H3,(H,30,31);3-16,27-28H,1-2H3,(H,29,30);2-14,26-27H,1H3,(H,28,29)/b15-10+;14-9+;13-4+. The van der Waals surface area contributed by atoms with E-state index in [0.29, 0.717) is 11.8 Å². The van der Waals surface area contributed by atoms with Gasteiger partial charge in [0.05, 0.1) is 31.7 Å². The van der Waals surface area contributed by atoms with Crippen molar-refractivity contribution in [2.24, 2.45) is 0 Å². The maximum Gasteiger partial charge on any atom is 0.328 e. The van der Waals surface area contributed by atoms with Gasteiger partial charge >= 0.3 is 17.9 Å². The highest BCUT2D eigenvalue weighted by Crippen LogP contribution is 2.51. The number of phenols is 4. The van der Waals surface area contributed by atoms with Gasteiger partial charge in [-0.15, -0.1) is 34.0 Å². The predicted octanol–water partition coefficient (Wildman–Crippen LogP) is 20.3. The zero-order chi connectivity index (χ0) is 66.0. The number of nitrogens with one attached hydrogen (secondary N) is 1. The van der Waals surface area contributed by atoms with E-state index in [-0.39, 0.29) is 23.0 Å². The van der Waals surface area contributed by atoms with Crippen molar-refractivity contribution in [2.45, 2.75) is 39.5 Å². The molecule has 0 aliphatic rings. The molecule has 0 radical (unpaired) electrons. The van der Waals surface area contributed by atoms with E-state index in [1.54, 1.807) is 94.7 Å². The van der Waals surface area contributed by atoms with Crippen molar-refractivity contribution < 1.29 is 50.1 Å². The minimum absolute atomic E-state index is 0.206. The number of carboxylic acid groups (broad SMARTS) is 3. The average molecular weight is 1290 g/mol. The molecule has 0 amide bonds. The molecule has 12 aromatic rings. The summed E-state index contributed by atoms with van der Waals surface area (Å²) >= 11 is 4.91. The first-order valence-electron chi connectivity index (χ1n) is 29.7. The Morgan fingerprint density at radius 3 is 1.19 bits per heavy atom. The number of hydrogen-bond donors (Lipinski definition) is 8. The molecule has 0 saturated carbocycles. The quantitative estimate of drug-likeness (QED) is 0.0399. The fourth-order valence-corrected chi connectivity index (χ4v) is 14.6. The summed E-state index contributed by atoms with van der Waals surface area (Å²) in [4.78, 5) is 39.8. The molecule has 13 nitrogen and oxygen atoms in total. The van der Waals surface area contributed by atoms with Crippen LogP contribution in [0.1, 0.15) is 67.3 Å². The third-order valence-electron chi connectivity index (χ3n) is 15.4. The number of phenolic OH excluding ortho intramolecular Hbond substituents is 4. The first-order chi connectivity index (χ1) is 44.7. The normalized spacial score (nSPS) is 11.4. The monoisotopic (exact) mass is 1290 g/mol. The van der Waals surface area contributed by atoms with Gasteiger partial charge in [-0.1, -0.05) is 113 Å². The molecule has 93 heavy (non-hydrogen) atoms. The smallest absolute Gasteiger partial charge is 0.328 e. The summed E-state index contributed by atoms with van der Waals surface area (Å²) in [5.74, 6) is -1.24. The van der Waals surface area contributed by atoms with E-state index in [0.717, 1.165) is 119 Å². The molecular formula is C77H67N3O10S3. The number of aliphatic carboxylic acids is 3. The predicted molar refractivity (Wildman–Crippen MR) is 385 cm³/mol. The second-order valence-electron chi connectivity index (χ2n) is 22.5. The molecule has 3 aromatic heterocycles. The number of carbonyl (C=O) groups is 3. The van der Waals surface area contributed by atoms with Crippen molar-refractivity contribution in [3.63, 3.8) is 0 Å². The van der Waals surface area contributed by atoms with Crippen LogP contribution >= 0.6 is 34.0 Å². The zero-order valence-corrected chi connectivity index (χ0v) is 54.1. The molecule has 8 N–H and O–H groups in total. The van der Waals surface area contributed by atoms with E-state index >= 15 is 0 Å². The Hall–Kier alpha value is -10.9. The molecule has 0 saturated heterocycles. The molecule has 0 bridgehead atoms. The first kappa shape index (κ1) is 65.1. The average Bonchev–Trinajstić information content (AvgIpc) is 1.65. The van der Waals surface area contributed by atoms with Crippen molar-refractivity contribution in [2.75, 3.05) is 29.2 Å². The summed E-state index contributed by atoms with van der Waals surface area (Å²) in [5.41, 5.74) is 14.3. The first-order valence-corrected chi connectivity index (χ1v) is 32.2. The van der Waals surface area contributed by atoms with Crippen LogP contribution < -0.4 is 15.1 Å². The minimum Gasteiger partial charge on any atom is -0.508 e. The fourth-order valence-electron chi connectivity index (χ4n) is 10.8. The topological polar surface area (TPSA) is 211 Å². The molecule has 0 aliphatic heterocycles. The van der Waals surface area contributed by atoms with E-state index in [4.69, 9.17) is 15.3 Å². The van der Waals surface area contributed by atoms with Gasteiger partial charge in [0, 0.05) is 79.6 Å². The summed E-state index contributed by atoms with van der Waals surface area (Å²) < 4.78 is 3.00. The summed E-state index contributed by atoms with van der Waals surface area (Å²) in [7, 11) is 4.01. The summed E-state index contributed by atoms with van der Waals surface area (Å²) in [6.07, 6.45) is 8.08. The summed E-state index contributed by atoms with van der Waals surface area (Å²) in [5, 5.41) is 72.8. The maximum atomic E-state index is 10.8. The minimum atomic E-state index is -0.984. The fraction of sp³-hybridized carbons (Fsp3) is 0.104. The van der Waals surface area contributed by atoms with Crippen LogP contribution in [-0.2, 0) is 14.4 Å². The van der Waals surface area contributed by atoms with Crippen molar-refractivity contribution >= 4 is 135 Å². The molecule has 0 spiro atoms. The van der Waals surface area contributed by atoms with E-state index in [9.17, 15) is 34.8 Å². The molecule has 468 valence electrons. The van der Waals surface area contributed by atoms with Crippen LogP contribution in [0.3, 0.4) is 0 Å². The molecule has 0 aliphatic carbocycles. The molecule has 16 heteroatoms. The van der Waals surface area contributed by atoms with Crippen LogP contribution in [0.15, 0.2) is 218 Å². The van der Waals surface area contributed by atoms with Crippen LogP contribution in [0.4, 0.5) is 34.1 Å². The van der Waals surface area contributed by atoms with E-state index in [2.05, 4.69) is 91.3 Å². The van der Waals surface area contributed by atoms with Gasteiger partial charge in [0.15, 0.2) is 0 Å².